The first kappa shape index (κ1) is 13.9. The van der Waals surface area contributed by atoms with Crippen molar-refractivity contribution in [1.29, 1.82) is 0 Å². The number of nitrogen functional groups attached to an aromatic ring is 1. The third-order valence-electron chi connectivity index (χ3n) is 2.89. The zero-order chi connectivity index (χ0) is 14.9. The third-order valence-corrected chi connectivity index (χ3v) is 2.89. The lowest BCUT2D eigenvalue weighted by Crippen LogP contribution is -2.37. The largest absolute Gasteiger partial charge is 0.399 e. The Kier molecular flexibility index (Phi) is 3.60. The number of H-pyrrole nitrogens is 1. The van der Waals surface area contributed by atoms with Crippen LogP contribution in [0.15, 0.2) is 23.0 Å². The minimum atomic E-state index is -0.487. The number of nitrogens with one attached hydrogen (secondary N) is 2. The van der Waals surface area contributed by atoms with Crippen molar-refractivity contribution in [2.75, 3.05) is 25.1 Å². The Bertz CT molecular complexity index is 707. The van der Waals surface area contributed by atoms with E-state index >= 15 is 0 Å². The molecule has 0 saturated heterocycles. The Morgan fingerprint density at radius 3 is 2.80 bits per heavy atom. The van der Waals surface area contributed by atoms with Crippen LogP contribution >= 0.6 is 0 Å². The lowest BCUT2D eigenvalue weighted by atomic mass is 10.2. The highest BCUT2D eigenvalue weighted by Crippen LogP contribution is 2.13. The number of benzene rings is 1. The van der Waals surface area contributed by atoms with E-state index in [1.807, 2.05) is 0 Å². The zero-order valence-corrected chi connectivity index (χ0v) is 11.6. The molecule has 2 aromatic rings. The molecule has 1 atom stereocenters. The van der Waals surface area contributed by atoms with Crippen molar-refractivity contribution in [3.05, 3.63) is 28.6 Å². The summed E-state index contributed by atoms with van der Waals surface area (Å²) in [5, 5.41) is 3.30. The number of likely N-dealkylation sites (N-methyl/N-ethyl adjacent to an activating group) is 1. The van der Waals surface area contributed by atoms with Gasteiger partial charge in [0.15, 0.2) is 0 Å². The Labute approximate surface area is 115 Å². The maximum atomic E-state index is 12.0. The summed E-state index contributed by atoms with van der Waals surface area (Å²) in [5.41, 5.74) is 6.37. The summed E-state index contributed by atoms with van der Waals surface area (Å²) < 4.78 is 0. The molecule has 1 unspecified atom stereocenters. The van der Waals surface area contributed by atoms with Gasteiger partial charge < -0.3 is 16.0 Å². The summed E-state index contributed by atoms with van der Waals surface area (Å²) in [6.45, 7) is 1.70. The molecule has 0 fully saturated rings. The van der Waals surface area contributed by atoms with Crippen molar-refractivity contribution in [3.8, 4) is 0 Å². The van der Waals surface area contributed by atoms with Gasteiger partial charge in [0.25, 0.3) is 5.56 Å². The standard InChI is InChI=1S/C13H17N5O2/c1-7(12(20)18(2)3)15-13-16-10-5-4-8(14)6-9(10)11(19)17-13/h4-7H,14H2,1-3H3,(H2,15,16,17,19). The Hall–Kier alpha value is -2.57. The van der Waals surface area contributed by atoms with Crippen molar-refractivity contribution in [3.63, 3.8) is 0 Å². The number of nitrogens with two attached hydrogens (primary N) is 1. The summed E-state index contributed by atoms with van der Waals surface area (Å²) in [5.74, 6) is 0.153. The molecule has 0 aliphatic heterocycles. The number of hydrogen-bond donors (Lipinski definition) is 3. The summed E-state index contributed by atoms with van der Waals surface area (Å²) in [6, 6.07) is 4.43. The molecule has 7 heteroatoms. The van der Waals surface area contributed by atoms with Crippen molar-refractivity contribution in [2.45, 2.75) is 13.0 Å². The summed E-state index contributed by atoms with van der Waals surface area (Å²) in [4.78, 5) is 32.1. The predicted octanol–water partition coefficient (Wildman–Crippen LogP) is 0.394. The lowest BCUT2D eigenvalue weighted by molar-refractivity contribution is -0.129. The maximum absolute atomic E-state index is 12.0. The SMILES string of the molecule is CC(Nc1nc2ccc(N)cc2c(=O)[nH]1)C(=O)N(C)C. The van der Waals surface area contributed by atoms with Gasteiger partial charge in [-0.2, -0.15) is 0 Å². The molecule has 106 valence electrons. The minimum Gasteiger partial charge on any atom is -0.399 e. The minimum absolute atomic E-state index is 0.106. The second-order valence-corrected chi connectivity index (χ2v) is 4.79. The van der Waals surface area contributed by atoms with Crippen molar-refractivity contribution in [2.24, 2.45) is 0 Å². The van der Waals surface area contributed by atoms with E-state index in [2.05, 4.69) is 15.3 Å². The molecule has 7 nitrogen and oxygen atoms in total. The molecule has 4 N–H and O–H groups in total. The van der Waals surface area contributed by atoms with Crippen LogP contribution in [0.4, 0.5) is 11.6 Å². The van der Waals surface area contributed by atoms with Crippen LogP contribution in [0, 0.1) is 0 Å². The van der Waals surface area contributed by atoms with E-state index in [-0.39, 0.29) is 17.4 Å². The molecule has 2 rings (SSSR count). The normalized spacial score (nSPS) is 12.2. The Morgan fingerprint density at radius 1 is 1.45 bits per heavy atom. The molecule has 1 amide bonds. The van der Waals surface area contributed by atoms with Crippen LogP contribution in [-0.2, 0) is 4.79 Å². The van der Waals surface area contributed by atoms with Crippen molar-refractivity contribution in [1.82, 2.24) is 14.9 Å². The van der Waals surface area contributed by atoms with E-state index in [0.717, 1.165) is 0 Å². The molecule has 0 aliphatic carbocycles. The second kappa shape index (κ2) is 5.20. The first-order valence-electron chi connectivity index (χ1n) is 6.15. The topological polar surface area (TPSA) is 104 Å². The Balaban J connectivity index is 2.35. The molecule has 1 heterocycles. The van der Waals surface area contributed by atoms with Gasteiger partial charge in [0.2, 0.25) is 11.9 Å². The molecule has 1 aromatic carbocycles. The molecule has 20 heavy (non-hydrogen) atoms. The first-order valence-corrected chi connectivity index (χ1v) is 6.15. The summed E-state index contributed by atoms with van der Waals surface area (Å²) in [6.07, 6.45) is 0. The number of carbonyl (C=O) groups excluding carboxylic acids is 1. The highest BCUT2D eigenvalue weighted by Gasteiger charge is 2.15. The van der Waals surface area contributed by atoms with Gasteiger partial charge in [-0.3, -0.25) is 14.6 Å². The smallest absolute Gasteiger partial charge is 0.260 e. The molecule has 0 spiro atoms. The second-order valence-electron chi connectivity index (χ2n) is 4.79. The van der Waals surface area contributed by atoms with Crippen LogP contribution in [0.3, 0.4) is 0 Å². The van der Waals surface area contributed by atoms with E-state index < -0.39 is 6.04 Å². The fourth-order valence-electron chi connectivity index (χ4n) is 1.88. The fourth-order valence-corrected chi connectivity index (χ4v) is 1.88. The maximum Gasteiger partial charge on any atom is 0.260 e. The number of fused-ring (bicyclic) bond motifs is 1. The predicted molar refractivity (Wildman–Crippen MR) is 78.6 cm³/mol. The van der Waals surface area contributed by atoms with Crippen LogP contribution < -0.4 is 16.6 Å². The molecule has 0 bridgehead atoms. The quantitative estimate of drug-likeness (QED) is 0.703. The number of nitrogens with zero attached hydrogens (tertiary/aromatic N) is 2. The molecule has 1 aromatic heterocycles. The molecule has 0 radical (unpaired) electrons. The number of carbonyl (C=O) groups is 1. The zero-order valence-electron chi connectivity index (χ0n) is 11.6. The van der Waals surface area contributed by atoms with Crippen molar-refractivity contribution < 1.29 is 4.79 Å². The fraction of sp³-hybridized carbons (Fsp3) is 0.308. The van der Waals surface area contributed by atoms with Gasteiger partial charge in [-0.25, -0.2) is 4.98 Å². The van der Waals surface area contributed by atoms with Gasteiger partial charge >= 0.3 is 0 Å². The monoisotopic (exact) mass is 275 g/mol. The van der Waals surface area contributed by atoms with Gasteiger partial charge in [-0.05, 0) is 25.1 Å². The number of rotatable bonds is 3. The van der Waals surface area contributed by atoms with E-state index in [9.17, 15) is 9.59 Å². The molecule has 0 aliphatic rings. The summed E-state index contributed by atoms with van der Waals surface area (Å²) >= 11 is 0. The Morgan fingerprint density at radius 2 is 2.15 bits per heavy atom. The van der Waals surface area contributed by atoms with Crippen LogP contribution in [-0.4, -0.2) is 40.9 Å². The van der Waals surface area contributed by atoms with E-state index in [4.69, 9.17) is 5.73 Å². The number of aromatic nitrogens is 2. The first-order chi connectivity index (χ1) is 9.38. The molecular formula is C13H17N5O2. The van der Waals surface area contributed by atoms with E-state index in [0.29, 0.717) is 16.6 Å². The van der Waals surface area contributed by atoms with Gasteiger partial charge in [-0.1, -0.05) is 0 Å². The average molecular weight is 275 g/mol. The number of aromatic amines is 1. The van der Waals surface area contributed by atoms with Gasteiger partial charge in [0.05, 0.1) is 10.9 Å². The molecular weight excluding hydrogens is 258 g/mol. The molecule has 0 saturated carbocycles. The van der Waals surface area contributed by atoms with Crippen molar-refractivity contribution >= 4 is 28.4 Å². The average Bonchev–Trinajstić information content (AvgIpc) is 2.38. The van der Waals surface area contributed by atoms with E-state index in [1.165, 1.54) is 4.90 Å². The third kappa shape index (κ3) is 2.71. The van der Waals surface area contributed by atoms with Gasteiger partial charge in [0.1, 0.15) is 6.04 Å². The lowest BCUT2D eigenvalue weighted by Gasteiger charge is -2.18. The van der Waals surface area contributed by atoms with Crippen LogP contribution in [0.25, 0.3) is 10.9 Å². The summed E-state index contributed by atoms with van der Waals surface area (Å²) in [7, 11) is 3.33. The van der Waals surface area contributed by atoms with Crippen LogP contribution in [0.2, 0.25) is 0 Å². The van der Waals surface area contributed by atoms with Crippen LogP contribution in [0.5, 0.6) is 0 Å². The number of hydrogen-bond acceptors (Lipinski definition) is 5. The number of anilines is 2. The van der Waals surface area contributed by atoms with E-state index in [1.54, 1.807) is 39.2 Å². The van der Waals surface area contributed by atoms with Gasteiger partial charge in [-0.15, -0.1) is 0 Å². The van der Waals surface area contributed by atoms with Crippen LogP contribution in [0.1, 0.15) is 6.92 Å². The van der Waals surface area contributed by atoms with Gasteiger partial charge in [0, 0.05) is 19.8 Å². The highest BCUT2D eigenvalue weighted by atomic mass is 16.2. The number of amides is 1. The highest BCUT2D eigenvalue weighted by molar-refractivity contribution is 5.84.